The number of rotatable bonds is 6. The minimum atomic E-state index is 0.0661. The van der Waals surface area contributed by atoms with Crippen molar-refractivity contribution in [3.8, 4) is 0 Å². The number of hydrogen-bond donors (Lipinski definition) is 1. The summed E-state index contributed by atoms with van der Waals surface area (Å²) in [4.78, 5) is 15.0. The topological polar surface area (TPSA) is 68.6 Å². The van der Waals surface area contributed by atoms with Crippen LogP contribution in [0, 0.1) is 19.8 Å². The lowest BCUT2D eigenvalue weighted by Crippen LogP contribution is -2.52. The molecule has 2 aliphatic rings. The Labute approximate surface area is 149 Å². The van der Waals surface area contributed by atoms with Gasteiger partial charge in [-0.15, -0.1) is 0 Å². The smallest absolute Gasteiger partial charge is 0.224 e. The third kappa shape index (κ3) is 4.40. The van der Waals surface area contributed by atoms with Crippen LogP contribution in [0.5, 0.6) is 0 Å². The molecule has 0 aromatic carbocycles. The summed E-state index contributed by atoms with van der Waals surface area (Å²) in [5, 5.41) is 7.55. The molecule has 2 atom stereocenters. The van der Waals surface area contributed by atoms with Crippen molar-refractivity contribution in [1.29, 1.82) is 0 Å². The second-order valence-corrected chi connectivity index (χ2v) is 7.09. The molecular formula is C18H30N4O3. The summed E-state index contributed by atoms with van der Waals surface area (Å²) >= 11 is 0. The normalized spacial score (nSPS) is 22.9. The lowest BCUT2D eigenvalue weighted by Gasteiger charge is -2.37. The Balaban J connectivity index is 1.58. The summed E-state index contributed by atoms with van der Waals surface area (Å²) in [5.41, 5.74) is 3.03. The van der Waals surface area contributed by atoms with Crippen LogP contribution in [0.25, 0.3) is 0 Å². The van der Waals surface area contributed by atoms with Gasteiger partial charge in [0, 0.05) is 56.5 Å². The molecule has 0 bridgehead atoms. The molecule has 1 amide bonds. The van der Waals surface area contributed by atoms with Crippen molar-refractivity contribution in [2.45, 2.75) is 32.7 Å². The van der Waals surface area contributed by atoms with Crippen LogP contribution in [0.15, 0.2) is 0 Å². The maximum Gasteiger partial charge on any atom is 0.224 e. The second-order valence-electron chi connectivity index (χ2n) is 7.09. The molecule has 2 fully saturated rings. The fourth-order valence-corrected chi connectivity index (χ4v) is 3.87. The number of carbonyl (C=O) groups is 1. The molecule has 3 rings (SSSR count). The SMILES string of the molecule is Cc1nn(C)c(C)c1CC(=O)NC[C@@H]([C@@H]1CCOC1)N1CCOCC1. The monoisotopic (exact) mass is 350 g/mol. The summed E-state index contributed by atoms with van der Waals surface area (Å²) in [5.74, 6) is 0.552. The van der Waals surface area contributed by atoms with Crippen LogP contribution in [0.4, 0.5) is 0 Å². The van der Waals surface area contributed by atoms with Crippen molar-refractivity contribution in [3.05, 3.63) is 17.0 Å². The molecule has 0 aliphatic carbocycles. The molecule has 0 spiro atoms. The lowest BCUT2D eigenvalue weighted by molar-refractivity contribution is -0.121. The molecular weight excluding hydrogens is 320 g/mol. The van der Waals surface area contributed by atoms with E-state index in [1.54, 1.807) is 0 Å². The van der Waals surface area contributed by atoms with E-state index >= 15 is 0 Å². The van der Waals surface area contributed by atoms with E-state index in [0.717, 1.165) is 62.9 Å². The predicted octanol–water partition coefficient (Wildman–Crippen LogP) is 0.433. The predicted molar refractivity (Wildman–Crippen MR) is 94.5 cm³/mol. The van der Waals surface area contributed by atoms with Gasteiger partial charge in [-0.1, -0.05) is 0 Å². The molecule has 1 aromatic rings. The fourth-order valence-electron chi connectivity index (χ4n) is 3.87. The summed E-state index contributed by atoms with van der Waals surface area (Å²) in [7, 11) is 1.91. The molecule has 3 heterocycles. The van der Waals surface area contributed by atoms with E-state index in [4.69, 9.17) is 9.47 Å². The van der Waals surface area contributed by atoms with Crippen LogP contribution in [0.3, 0.4) is 0 Å². The van der Waals surface area contributed by atoms with Gasteiger partial charge < -0.3 is 14.8 Å². The average Bonchev–Trinajstić information content (AvgIpc) is 3.21. The Hall–Kier alpha value is -1.44. The standard InChI is InChI=1S/C18H30N4O3/c1-13-16(14(2)21(3)20-13)10-18(23)19-11-17(15-4-7-25-12-15)22-5-8-24-9-6-22/h15,17H,4-12H2,1-3H3,(H,19,23)/t15-,17+/m1/s1. The first-order chi connectivity index (χ1) is 12.1. The molecule has 0 saturated carbocycles. The highest BCUT2D eigenvalue weighted by Crippen LogP contribution is 2.22. The van der Waals surface area contributed by atoms with E-state index in [9.17, 15) is 4.79 Å². The summed E-state index contributed by atoms with van der Waals surface area (Å²) in [6, 6.07) is 0.325. The van der Waals surface area contributed by atoms with E-state index < -0.39 is 0 Å². The van der Waals surface area contributed by atoms with Gasteiger partial charge in [0.15, 0.2) is 0 Å². The number of aryl methyl sites for hydroxylation is 2. The van der Waals surface area contributed by atoms with Crippen LogP contribution >= 0.6 is 0 Å². The number of carbonyl (C=O) groups excluding carboxylic acids is 1. The lowest BCUT2D eigenvalue weighted by atomic mass is 9.96. The Kier molecular flexibility index (Phi) is 6.09. The van der Waals surface area contributed by atoms with Gasteiger partial charge in [-0.3, -0.25) is 14.4 Å². The largest absolute Gasteiger partial charge is 0.381 e. The van der Waals surface area contributed by atoms with Crippen molar-refractivity contribution in [3.63, 3.8) is 0 Å². The average molecular weight is 350 g/mol. The van der Waals surface area contributed by atoms with E-state index in [1.807, 2.05) is 25.6 Å². The van der Waals surface area contributed by atoms with E-state index in [2.05, 4.69) is 15.3 Å². The molecule has 25 heavy (non-hydrogen) atoms. The van der Waals surface area contributed by atoms with Gasteiger partial charge >= 0.3 is 0 Å². The fraction of sp³-hybridized carbons (Fsp3) is 0.778. The molecule has 2 aliphatic heterocycles. The maximum absolute atomic E-state index is 12.5. The minimum Gasteiger partial charge on any atom is -0.381 e. The number of amides is 1. The van der Waals surface area contributed by atoms with E-state index in [0.29, 0.717) is 24.9 Å². The number of nitrogens with zero attached hydrogens (tertiary/aromatic N) is 3. The minimum absolute atomic E-state index is 0.0661. The van der Waals surface area contributed by atoms with E-state index in [-0.39, 0.29) is 5.91 Å². The highest BCUT2D eigenvalue weighted by molar-refractivity contribution is 5.79. The van der Waals surface area contributed by atoms with Gasteiger partial charge in [-0.2, -0.15) is 5.10 Å². The molecule has 0 radical (unpaired) electrons. The number of ether oxygens (including phenoxy) is 2. The van der Waals surface area contributed by atoms with Gasteiger partial charge in [0.2, 0.25) is 5.91 Å². The van der Waals surface area contributed by atoms with Crippen molar-refractivity contribution in [2.75, 3.05) is 46.1 Å². The number of hydrogen-bond acceptors (Lipinski definition) is 5. The van der Waals surface area contributed by atoms with Crippen molar-refractivity contribution in [2.24, 2.45) is 13.0 Å². The first-order valence-electron chi connectivity index (χ1n) is 9.21. The number of nitrogens with one attached hydrogen (secondary N) is 1. The highest BCUT2D eigenvalue weighted by Gasteiger charge is 2.31. The Morgan fingerprint density at radius 1 is 1.28 bits per heavy atom. The summed E-state index contributed by atoms with van der Waals surface area (Å²) in [6.45, 7) is 9.66. The second kappa shape index (κ2) is 8.29. The van der Waals surface area contributed by atoms with Crippen LogP contribution in [0.2, 0.25) is 0 Å². The van der Waals surface area contributed by atoms with Crippen molar-refractivity contribution in [1.82, 2.24) is 20.0 Å². The summed E-state index contributed by atoms with van der Waals surface area (Å²) < 4.78 is 12.9. The maximum atomic E-state index is 12.5. The molecule has 0 unspecified atom stereocenters. The van der Waals surface area contributed by atoms with Crippen LogP contribution in [-0.2, 0) is 27.7 Å². The highest BCUT2D eigenvalue weighted by atomic mass is 16.5. The molecule has 7 heteroatoms. The van der Waals surface area contributed by atoms with Crippen LogP contribution < -0.4 is 5.32 Å². The van der Waals surface area contributed by atoms with Gasteiger partial charge in [0.25, 0.3) is 0 Å². The zero-order chi connectivity index (χ0) is 17.8. The van der Waals surface area contributed by atoms with Gasteiger partial charge in [0.1, 0.15) is 0 Å². The quantitative estimate of drug-likeness (QED) is 0.806. The first-order valence-corrected chi connectivity index (χ1v) is 9.21. The zero-order valence-corrected chi connectivity index (χ0v) is 15.6. The van der Waals surface area contributed by atoms with Gasteiger partial charge in [-0.25, -0.2) is 0 Å². The molecule has 1 N–H and O–H groups in total. The molecule has 7 nitrogen and oxygen atoms in total. The van der Waals surface area contributed by atoms with Gasteiger partial charge in [-0.05, 0) is 20.3 Å². The van der Waals surface area contributed by atoms with Crippen molar-refractivity contribution < 1.29 is 14.3 Å². The van der Waals surface area contributed by atoms with Gasteiger partial charge in [0.05, 0.1) is 31.9 Å². The molecule has 2 saturated heterocycles. The zero-order valence-electron chi connectivity index (χ0n) is 15.6. The van der Waals surface area contributed by atoms with Crippen molar-refractivity contribution >= 4 is 5.91 Å². The third-order valence-electron chi connectivity index (χ3n) is 5.53. The third-order valence-corrected chi connectivity index (χ3v) is 5.53. The Morgan fingerprint density at radius 3 is 2.64 bits per heavy atom. The van der Waals surface area contributed by atoms with Crippen LogP contribution in [-0.4, -0.2) is 72.7 Å². The summed E-state index contributed by atoms with van der Waals surface area (Å²) in [6.07, 6.45) is 1.46. The Morgan fingerprint density at radius 2 is 2.04 bits per heavy atom. The Bertz CT molecular complexity index is 589. The van der Waals surface area contributed by atoms with E-state index in [1.165, 1.54) is 0 Å². The molecule has 1 aromatic heterocycles. The number of aromatic nitrogens is 2. The van der Waals surface area contributed by atoms with Crippen LogP contribution in [0.1, 0.15) is 23.4 Å². The first kappa shape index (κ1) is 18.4. The number of morpholine rings is 1. The molecule has 140 valence electrons.